The molecule has 1 aliphatic carbocycles. The van der Waals surface area contributed by atoms with E-state index < -0.39 is 0 Å². The number of nitrogens with zero attached hydrogens (tertiary/aromatic N) is 1. The first kappa shape index (κ1) is 13.9. The van der Waals surface area contributed by atoms with Gasteiger partial charge in [-0.15, -0.1) is 0 Å². The largest absolute Gasteiger partial charge is 0.396 e. The molecule has 1 saturated carbocycles. The third-order valence-electron chi connectivity index (χ3n) is 3.12. The maximum atomic E-state index is 8.64. The molecule has 0 aliphatic heterocycles. The first-order valence-electron chi connectivity index (χ1n) is 6.70. The van der Waals surface area contributed by atoms with Crippen molar-refractivity contribution in [3.63, 3.8) is 0 Å². The molecule has 3 nitrogen and oxygen atoms in total. The van der Waals surface area contributed by atoms with Gasteiger partial charge in [0, 0.05) is 19.8 Å². The van der Waals surface area contributed by atoms with Gasteiger partial charge >= 0.3 is 0 Å². The van der Waals surface area contributed by atoms with Gasteiger partial charge in [-0.25, -0.2) is 0 Å². The Balaban J connectivity index is 1.76. The summed E-state index contributed by atoms with van der Waals surface area (Å²) in [4.78, 5) is 2.34. The predicted octanol–water partition coefficient (Wildman–Crippen LogP) is 1.90. The minimum Gasteiger partial charge on any atom is -0.396 e. The Kier molecular flexibility index (Phi) is 7.81. The molecule has 0 aromatic rings. The second kappa shape index (κ2) is 8.97. The van der Waals surface area contributed by atoms with Crippen LogP contribution in [0.1, 0.15) is 38.5 Å². The van der Waals surface area contributed by atoms with Gasteiger partial charge in [-0.3, -0.25) is 0 Å². The Labute approximate surface area is 99.8 Å². The maximum Gasteiger partial charge on any atom is 0.0593 e. The first-order valence-corrected chi connectivity index (χ1v) is 6.70. The standard InChI is InChI=1S/C13H27NO2/c1-14(8-4-2-3-5-10-15)9-11-16-12-13-6-7-13/h13,15H,2-12H2,1H3. The average Bonchev–Trinajstić information content (AvgIpc) is 3.08. The number of unbranched alkanes of at least 4 members (excludes halogenated alkanes) is 3. The van der Waals surface area contributed by atoms with Gasteiger partial charge in [0.25, 0.3) is 0 Å². The topological polar surface area (TPSA) is 32.7 Å². The van der Waals surface area contributed by atoms with E-state index in [2.05, 4.69) is 11.9 Å². The molecule has 96 valence electrons. The molecule has 0 spiro atoms. The normalized spacial score (nSPS) is 15.9. The summed E-state index contributed by atoms with van der Waals surface area (Å²) in [6, 6.07) is 0. The molecule has 0 bridgehead atoms. The van der Waals surface area contributed by atoms with Gasteiger partial charge in [0.05, 0.1) is 6.61 Å². The highest BCUT2D eigenvalue weighted by Gasteiger charge is 2.20. The number of hydrogen-bond acceptors (Lipinski definition) is 3. The monoisotopic (exact) mass is 229 g/mol. The predicted molar refractivity (Wildman–Crippen MR) is 66.6 cm³/mol. The highest BCUT2D eigenvalue weighted by molar-refractivity contribution is 4.71. The molecule has 3 heteroatoms. The molecule has 0 aromatic carbocycles. The highest BCUT2D eigenvalue weighted by atomic mass is 16.5. The van der Waals surface area contributed by atoms with Crippen LogP contribution in [0.15, 0.2) is 0 Å². The van der Waals surface area contributed by atoms with Crippen molar-refractivity contribution >= 4 is 0 Å². The molecule has 1 rings (SSSR count). The zero-order valence-corrected chi connectivity index (χ0v) is 10.7. The van der Waals surface area contributed by atoms with Gasteiger partial charge in [-0.05, 0) is 45.2 Å². The fourth-order valence-electron chi connectivity index (χ4n) is 1.71. The summed E-state index contributed by atoms with van der Waals surface area (Å²) >= 11 is 0. The molecule has 0 heterocycles. The summed E-state index contributed by atoms with van der Waals surface area (Å²) in [7, 11) is 2.16. The van der Waals surface area contributed by atoms with E-state index in [4.69, 9.17) is 9.84 Å². The van der Waals surface area contributed by atoms with Crippen LogP contribution in [-0.2, 0) is 4.74 Å². The summed E-state index contributed by atoms with van der Waals surface area (Å²) in [6.45, 7) is 4.39. The smallest absolute Gasteiger partial charge is 0.0593 e. The van der Waals surface area contributed by atoms with Gasteiger partial charge in [0.2, 0.25) is 0 Å². The number of rotatable bonds is 11. The van der Waals surface area contributed by atoms with Crippen molar-refractivity contribution < 1.29 is 9.84 Å². The second-order valence-electron chi connectivity index (χ2n) is 4.96. The van der Waals surface area contributed by atoms with Crippen molar-refractivity contribution in [1.82, 2.24) is 4.90 Å². The quantitative estimate of drug-likeness (QED) is 0.549. The van der Waals surface area contributed by atoms with E-state index in [-0.39, 0.29) is 0 Å². The lowest BCUT2D eigenvalue weighted by atomic mass is 10.2. The lowest BCUT2D eigenvalue weighted by Crippen LogP contribution is -2.24. The van der Waals surface area contributed by atoms with Crippen molar-refractivity contribution in [1.29, 1.82) is 0 Å². The van der Waals surface area contributed by atoms with Gasteiger partial charge < -0.3 is 14.7 Å². The minimum absolute atomic E-state index is 0.338. The average molecular weight is 229 g/mol. The molecule has 0 aromatic heterocycles. The molecule has 0 saturated heterocycles. The zero-order valence-electron chi connectivity index (χ0n) is 10.7. The molecular formula is C13H27NO2. The van der Waals surface area contributed by atoms with Crippen LogP contribution in [-0.4, -0.2) is 50.0 Å². The van der Waals surface area contributed by atoms with Crippen LogP contribution in [0.4, 0.5) is 0 Å². The van der Waals surface area contributed by atoms with E-state index >= 15 is 0 Å². The molecule has 0 atom stereocenters. The Morgan fingerprint density at radius 3 is 2.56 bits per heavy atom. The van der Waals surface area contributed by atoms with Crippen LogP contribution in [0.25, 0.3) is 0 Å². The fourth-order valence-corrected chi connectivity index (χ4v) is 1.71. The molecule has 1 fully saturated rings. The molecule has 0 unspecified atom stereocenters. The minimum atomic E-state index is 0.338. The van der Waals surface area contributed by atoms with Crippen molar-refractivity contribution in [3.05, 3.63) is 0 Å². The van der Waals surface area contributed by atoms with Crippen LogP contribution < -0.4 is 0 Å². The molecular weight excluding hydrogens is 202 g/mol. The van der Waals surface area contributed by atoms with Crippen molar-refractivity contribution in [2.45, 2.75) is 38.5 Å². The van der Waals surface area contributed by atoms with E-state index in [1.165, 1.54) is 25.7 Å². The van der Waals surface area contributed by atoms with Gasteiger partial charge in [0.1, 0.15) is 0 Å². The molecule has 0 radical (unpaired) electrons. The number of aliphatic hydroxyl groups excluding tert-OH is 1. The molecule has 1 N–H and O–H groups in total. The van der Waals surface area contributed by atoms with Crippen LogP contribution in [0.3, 0.4) is 0 Å². The van der Waals surface area contributed by atoms with E-state index in [0.29, 0.717) is 6.61 Å². The Bertz CT molecular complexity index is 160. The SMILES string of the molecule is CN(CCCCCCO)CCOCC1CC1. The summed E-state index contributed by atoms with van der Waals surface area (Å²) < 4.78 is 5.60. The highest BCUT2D eigenvalue weighted by Crippen LogP contribution is 2.28. The molecule has 0 amide bonds. The van der Waals surface area contributed by atoms with E-state index in [9.17, 15) is 0 Å². The van der Waals surface area contributed by atoms with Crippen molar-refractivity contribution in [2.75, 3.05) is 40.0 Å². The summed E-state index contributed by atoms with van der Waals surface area (Å²) in [5.41, 5.74) is 0. The third kappa shape index (κ3) is 8.08. The second-order valence-corrected chi connectivity index (χ2v) is 4.96. The summed E-state index contributed by atoms with van der Waals surface area (Å²) in [5.74, 6) is 0.879. The molecule has 16 heavy (non-hydrogen) atoms. The number of hydrogen-bond donors (Lipinski definition) is 1. The Morgan fingerprint density at radius 2 is 1.88 bits per heavy atom. The van der Waals surface area contributed by atoms with Crippen LogP contribution in [0.5, 0.6) is 0 Å². The van der Waals surface area contributed by atoms with Gasteiger partial charge in [-0.2, -0.15) is 0 Å². The fraction of sp³-hybridized carbons (Fsp3) is 1.00. The third-order valence-corrected chi connectivity index (χ3v) is 3.12. The molecule has 1 aliphatic rings. The Morgan fingerprint density at radius 1 is 1.12 bits per heavy atom. The lowest BCUT2D eigenvalue weighted by Gasteiger charge is -2.16. The number of aliphatic hydroxyl groups is 1. The van der Waals surface area contributed by atoms with Gasteiger partial charge in [0.15, 0.2) is 0 Å². The van der Waals surface area contributed by atoms with Crippen LogP contribution in [0.2, 0.25) is 0 Å². The zero-order chi connectivity index (χ0) is 11.6. The van der Waals surface area contributed by atoms with Crippen molar-refractivity contribution in [2.24, 2.45) is 5.92 Å². The summed E-state index contributed by atoms with van der Waals surface area (Å²) in [5, 5.41) is 8.64. The van der Waals surface area contributed by atoms with Crippen molar-refractivity contribution in [3.8, 4) is 0 Å². The Hall–Kier alpha value is -0.120. The van der Waals surface area contributed by atoms with E-state index in [1.807, 2.05) is 0 Å². The summed E-state index contributed by atoms with van der Waals surface area (Å²) in [6.07, 6.45) is 7.32. The first-order chi connectivity index (χ1) is 7.83. The number of ether oxygens (including phenoxy) is 1. The van der Waals surface area contributed by atoms with E-state index in [0.717, 1.165) is 45.1 Å². The maximum absolute atomic E-state index is 8.64. The van der Waals surface area contributed by atoms with Crippen LogP contribution >= 0.6 is 0 Å². The van der Waals surface area contributed by atoms with Crippen LogP contribution in [0, 0.1) is 5.92 Å². The number of likely N-dealkylation sites (N-methyl/N-ethyl adjacent to an activating group) is 1. The van der Waals surface area contributed by atoms with E-state index in [1.54, 1.807) is 0 Å². The lowest BCUT2D eigenvalue weighted by molar-refractivity contribution is 0.103. The van der Waals surface area contributed by atoms with Gasteiger partial charge in [-0.1, -0.05) is 12.8 Å².